The monoisotopic (exact) mass is 438 g/mol. The van der Waals surface area contributed by atoms with Crippen molar-refractivity contribution in [2.24, 2.45) is 16.5 Å². The molecule has 0 amide bonds. The Balaban J connectivity index is 1.62. The summed E-state index contributed by atoms with van der Waals surface area (Å²) in [7, 11) is 0. The third-order valence-electron chi connectivity index (χ3n) is 4.77. The van der Waals surface area contributed by atoms with Gasteiger partial charge in [0.1, 0.15) is 10.8 Å². The maximum absolute atomic E-state index is 5.88. The van der Waals surface area contributed by atoms with Crippen molar-refractivity contribution in [1.82, 2.24) is 15.0 Å². The lowest BCUT2D eigenvalue weighted by atomic mass is 10.1. The summed E-state index contributed by atoms with van der Waals surface area (Å²) in [6.45, 7) is 4.97. The van der Waals surface area contributed by atoms with E-state index in [2.05, 4.69) is 21.9 Å². The van der Waals surface area contributed by atoms with Crippen molar-refractivity contribution in [1.29, 1.82) is 0 Å². The number of hydrogen-bond donors (Lipinski definition) is 2. The van der Waals surface area contributed by atoms with E-state index in [-0.39, 0.29) is 11.9 Å². The zero-order valence-corrected chi connectivity index (χ0v) is 19.0. The summed E-state index contributed by atoms with van der Waals surface area (Å²) in [6.07, 6.45) is 9.19. The number of benzene rings is 1. The summed E-state index contributed by atoms with van der Waals surface area (Å²) in [4.78, 5) is 18.1. The van der Waals surface area contributed by atoms with E-state index in [4.69, 9.17) is 21.2 Å². The highest BCUT2D eigenvalue weighted by Crippen LogP contribution is 2.35. The van der Waals surface area contributed by atoms with Crippen LogP contribution < -0.4 is 16.2 Å². The second-order valence-corrected chi connectivity index (χ2v) is 8.35. The first-order valence-corrected chi connectivity index (χ1v) is 11.5. The van der Waals surface area contributed by atoms with Gasteiger partial charge in [0.25, 0.3) is 5.95 Å². The smallest absolute Gasteiger partial charge is 0.253 e. The third-order valence-corrected chi connectivity index (χ3v) is 6.00. The molecule has 0 atom stereocenters. The molecule has 0 unspecified atom stereocenters. The topological polar surface area (TPSA) is 112 Å². The number of ether oxygens (including phenoxy) is 1. The van der Waals surface area contributed by atoms with Crippen LogP contribution in [0.2, 0.25) is 0 Å². The number of nitrogens with two attached hydrogens (primary N) is 2. The van der Waals surface area contributed by atoms with Crippen LogP contribution in [0.3, 0.4) is 0 Å². The number of rotatable bonds is 11. The van der Waals surface area contributed by atoms with E-state index in [0.29, 0.717) is 0 Å². The van der Waals surface area contributed by atoms with Gasteiger partial charge in [-0.05, 0) is 43.7 Å². The number of aromatic nitrogens is 3. The third kappa shape index (κ3) is 6.75. The van der Waals surface area contributed by atoms with Crippen LogP contribution in [0.1, 0.15) is 51.1 Å². The van der Waals surface area contributed by atoms with Crippen molar-refractivity contribution in [3.05, 3.63) is 42.2 Å². The van der Waals surface area contributed by atoms with E-state index in [1.54, 1.807) is 17.5 Å². The van der Waals surface area contributed by atoms with E-state index in [9.17, 15) is 0 Å². The highest BCUT2D eigenvalue weighted by Gasteiger charge is 2.13. The standard InChI is InChI=1S/C23H30N6OS/c1-3-4-5-6-7-8-15-30-18-11-9-17(10-12-18)21-27-16(2)20(31-21)19-13-14-26-23(28-19)29-22(24)25/h9-14H,3-8,15H2,1-2H3,(H4,24,25,26,28,29). The fourth-order valence-corrected chi connectivity index (χ4v) is 4.21. The van der Waals surface area contributed by atoms with Crippen LogP contribution in [0, 0.1) is 6.92 Å². The van der Waals surface area contributed by atoms with Gasteiger partial charge in [-0.3, -0.25) is 0 Å². The highest BCUT2D eigenvalue weighted by molar-refractivity contribution is 7.18. The van der Waals surface area contributed by atoms with Gasteiger partial charge in [0.2, 0.25) is 0 Å². The minimum absolute atomic E-state index is 0.0716. The molecule has 0 fully saturated rings. The van der Waals surface area contributed by atoms with Crippen LogP contribution in [-0.4, -0.2) is 27.5 Å². The number of unbranched alkanes of at least 4 members (excludes halogenated alkanes) is 5. The lowest BCUT2D eigenvalue weighted by Gasteiger charge is -2.06. The fourth-order valence-electron chi connectivity index (χ4n) is 3.17. The normalized spacial score (nSPS) is 10.8. The maximum Gasteiger partial charge on any atom is 0.253 e. The number of aryl methyl sites for hydroxylation is 1. The average Bonchev–Trinajstić information content (AvgIpc) is 3.15. The fraction of sp³-hybridized carbons (Fsp3) is 0.391. The van der Waals surface area contributed by atoms with E-state index < -0.39 is 0 Å². The van der Waals surface area contributed by atoms with Crippen LogP contribution in [0.15, 0.2) is 41.5 Å². The molecule has 1 aromatic carbocycles. The SMILES string of the molecule is CCCCCCCCOc1ccc(-c2nc(C)c(-c3ccnc(N=C(N)N)n3)s2)cc1. The van der Waals surface area contributed by atoms with Gasteiger partial charge in [-0.2, -0.15) is 4.99 Å². The van der Waals surface area contributed by atoms with Gasteiger partial charge in [-0.25, -0.2) is 15.0 Å². The molecular weight excluding hydrogens is 408 g/mol. The molecule has 8 heteroatoms. The maximum atomic E-state index is 5.88. The molecule has 0 aliphatic heterocycles. The second kappa shape index (κ2) is 11.4. The van der Waals surface area contributed by atoms with Crippen molar-refractivity contribution >= 4 is 23.2 Å². The first kappa shape index (κ1) is 22.7. The number of thiazole rings is 1. The molecule has 0 saturated carbocycles. The molecule has 2 aromatic heterocycles. The zero-order chi connectivity index (χ0) is 22.1. The number of hydrogen-bond acceptors (Lipinski definition) is 6. The lowest BCUT2D eigenvalue weighted by molar-refractivity contribution is 0.304. The zero-order valence-electron chi connectivity index (χ0n) is 18.2. The summed E-state index contributed by atoms with van der Waals surface area (Å²) in [6, 6.07) is 9.93. The Kier molecular flexibility index (Phi) is 8.35. The quantitative estimate of drug-likeness (QED) is 0.241. The molecule has 31 heavy (non-hydrogen) atoms. The molecule has 4 N–H and O–H groups in total. The van der Waals surface area contributed by atoms with Crippen LogP contribution in [-0.2, 0) is 0 Å². The van der Waals surface area contributed by atoms with Gasteiger partial charge in [0.15, 0.2) is 5.96 Å². The predicted octanol–water partition coefficient (Wildman–Crippen LogP) is 5.22. The van der Waals surface area contributed by atoms with Gasteiger partial charge in [0, 0.05) is 11.8 Å². The van der Waals surface area contributed by atoms with Crippen LogP contribution in [0.5, 0.6) is 5.75 Å². The molecule has 0 radical (unpaired) electrons. The van der Waals surface area contributed by atoms with Crippen molar-refractivity contribution < 1.29 is 4.74 Å². The molecule has 0 saturated heterocycles. The van der Waals surface area contributed by atoms with Gasteiger partial charge in [-0.1, -0.05) is 39.0 Å². The number of nitrogens with zero attached hydrogens (tertiary/aromatic N) is 4. The Morgan fingerprint density at radius 3 is 2.48 bits per heavy atom. The van der Waals surface area contributed by atoms with Crippen molar-refractivity contribution in [2.75, 3.05) is 6.61 Å². The van der Waals surface area contributed by atoms with Gasteiger partial charge in [-0.15, -0.1) is 11.3 Å². The van der Waals surface area contributed by atoms with Crippen molar-refractivity contribution in [2.45, 2.75) is 52.4 Å². The predicted molar refractivity (Wildman–Crippen MR) is 128 cm³/mol. The molecule has 3 rings (SSSR count). The average molecular weight is 439 g/mol. The molecule has 2 heterocycles. The molecule has 0 aliphatic carbocycles. The summed E-state index contributed by atoms with van der Waals surface area (Å²) >= 11 is 1.58. The molecule has 0 aliphatic rings. The Hall–Kier alpha value is -3.00. The first-order chi connectivity index (χ1) is 15.1. The molecular formula is C23H30N6OS. The minimum Gasteiger partial charge on any atom is -0.494 e. The summed E-state index contributed by atoms with van der Waals surface area (Å²) in [5.41, 5.74) is 13.5. The van der Waals surface area contributed by atoms with E-state index in [0.717, 1.165) is 45.6 Å². The van der Waals surface area contributed by atoms with Gasteiger partial charge < -0.3 is 16.2 Å². The Morgan fingerprint density at radius 2 is 1.74 bits per heavy atom. The molecule has 0 spiro atoms. The van der Waals surface area contributed by atoms with Gasteiger partial charge >= 0.3 is 0 Å². The van der Waals surface area contributed by atoms with Crippen molar-refractivity contribution in [3.63, 3.8) is 0 Å². The van der Waals surface area contributed by atoms with Crippen LogP contribution >= 0.6 is 11.3 Å². The minimum atomic E-state index is -0.0716. The lowest BCUT2D eigenvalue weighted by Crippen LogP contribution is -2.22. The summed E-state index contributed by atoms with van der Waals surface area (Å²) in [5, 5.41) is 0.928. The molecule has 0 bridgehead atoms. The Bertz CT molecular complexity index is 996. The Labute approximate surface area is 187 Å². The number of guanidine groups is 1. The highest BCUT2D eigenvalue weighted by atomic mass is 32.1. The van der Waals surface area contributed by atoms with E-state index in [1.807, 2.05) is 37.3 Å². The first-order valence-electron chi connectivity index (χ1n) is 10.7. The van der Waals surface area contributed by atoms with E-state index >= 15 is 0 Å². The van der Waals surface area contributed by atoms with Crippen LogP contribution in [0.4, 0.5) is 5.95 Å². The second-order valence-electron chi connectivity index (χ2n) is 7.35. The summed E-state index contributed by atoms with van der Waals surface area (Å²) < 4.78 is 5.88. The Morgan fingerprint density at radius 1 is 1.00 bits per heavy atom. The van der Waals surface area contributed by atoms with Gasteiger partial charge in [0.05, 0.1) is 22.9 Å². The van der Waals surface area contributed by atoms with E-state index in [1.165, 1.54) is 32.1 Å². The van der Waals surface area contributed by atoms with Crippen LogP contribution in [0.25, 0.3) is 21.1 Å². The molecule has 164 valence electrons. The molecule has 3 aromatic rings. The largest absolute Gasteiger partial charge is 0.494 e. The molecule has 7 nitrogen and oxygen atoms in total. The van der Waals surface area contributed by atoms with Crippen molar-refractivity contribution in [3.8, 4) is 26.9 Å². The summed E-state index contributed by atoms with van der Waals surface area (Å²) in [5.74, 6) is 1.06. The number of aliphatic imine (C=N–C) groups is 1.